The van der Waals surface area contributed by atoms with E-state index in [1.165, 1.54) is 11.1 Å². The highest BCUT2D eigenvalue weighted by molar-refractivity contribution is 5.79. The number of benzene rings is 1. The van der Waals surface area contributed by atoms with Crippen molar-refractivity contribution in [3.63, 3.8) is 0 Å². The normalized spacial score (nSPS) is 17.5. The van der Waals surface area contributed by atoms with Gasteiger partial charge < -0.3 is 0 Å². The summed E-state index contributed by atoms with van der Waals surface area (Å²) in [4.78, 5) is 13.4. The first-order chi connectivity index (χ1) is 7.15. The van der Waals surface area contributed by atoms with E-state index in [1.807, 2.05) is 0 Å². The highest BCUT2D eigenvalue weighted by atomic mass is 16.1. The Balaban J connectivity index is 1.85. The van der Waals surface area contributed by atoms with Crippen LogP contribution < -0.4 is 0 Å². The molecule has 2 nitrogen and oxygen atoms in total. The van der Waals surface area contributed by atoms with E-state index in [-0.39, 0.29) is 5.92 Å². The number of carbonyl (C=O) groups excluding carboxylic acids is 1. The van der Waals surface area contributed by atoms with Gasteiger partial charge in [0, 0.05) is 25.6 Å². The van der Waals surface area contributed by atoms with Crippen LogP contribution in [0.5, 0.6) is 0 Å². The van der Waals surface area contributed by atoms with Crippen LogP contribution in [0.4, 0.5) is 0 Å². The standard InChI is InChI=1S/C13H17NO/c1-10-3-5-12(6-4-10)7-14-8-13(9-14)11(2)15/h3-6,13H,7-9H2,1-2H3. The monoisotopic (exact) mass is 203 g/mol. The Morgan fingerprint density at radius 1 is 1.33 bits per heavy atom. The minimum atomic E-state index is 0.287. The highest BCUT2D eigenvalue weighted by Crippen LogP contribution is 2.19. The van der Waals surface area contributed by atoms with Gasteiger partial charge >= 0.3 is 0 Å². The molecule has 1 fully saturated rings. The SMILES string of the molecule is CC(=O)C1CN(Cc2ccc(C)cc2)C1. The summed E-state index contributed by atoms with van der Waals surface area (Å²) in [6, 6.07) is 8.60. The minimum absolute atomic E-state index is 0.287. The van der Waals surface area contributed by atoms with E-state index >= 15 is 0 Å². The molecule has 1 heterocycles. The van der Waals surface area contributed by atoms with Gasteiger partial charge in [-0.05, 0) is 19.4 Å². The van der Waals surface area contributed by atoms with Crippen molar-refractivity contribution in [2.75, 3.05) is 13.1 Å². The number of carbonyl (C=O) groups is 1. The predicted molar refractivity (Wildman–Crippen MR) is 60.6 cm³/mol. The molecule has 80 valence electrons. The number of ketones is 1. The Labute approximate surface area is 90.9 Å². The molecule has 1 aromatic carbocycles. The van der Waals surface area contributed by atoms with Crippen molar-refractivity contribution < 1.29 is 4.79 Å². The first-order valence-electron chi connectivity index (χ1n) is 5.43. The lowest BCUT2D eigenvalue weighted by molar-refractivity contribution is -0.126. The fraction of sp³-hybridized carbons (Fsp3) is 0.462. The summed E-state index contributed by atoms with van der Waals surface area (Å²) < 4.78 is 0. The van der Waals surface area contributed by atoms with Crippen molar-refractivity contribution in [3.05, 3.63) is 35.4 Å². The van der Waals surface area contributed by atoms with E-state index < -0.39 is 0 Å². The molecule has 1 aliphatic heterocycles. The minimum Gasteiger partial charge on any atom is -0.300 e. The molecule has 1 aliphatic rings. The van der Waals surface area contributed by atoms with Crippen molar-refractivity contribution in [3.8, 4) is 0 Å². The summed E-state index contributed by atoms with van der Waals surface area (Å²) in [5.74, 6) is 0.616. The average Bonchev–Trinajstić information content (AvgIpc) is 2.13. The van der Waals surface area contributed by atoms with E-state index in [2.05, 4.69) is 36.1 Å². The summed E-state index contributed by atoms with van der Waals surface area (Å²) in [6.45, 7) is 6.63. The Kier molecular flexibility index (Phi) is 2.87. The molecule has 0 amide bonds. The number of hydrogen-bond donors (Lipinski definition) is 0. The maximum absolute atomic E-state index is 11.0. The lowest BCUT2D eigenvalue weighted by Gasteiger charge is -2.37. The number of Topliss-reactive ketones (excluding diaryl/α,β-unsaturated/α-hetero) is 1. The third-order valence-corrected chi connectivity index (χ3v) is 3.06. The van der Waals surface area contributed by atoms with Crippen LogP contribution >= 0.6 is 0 Å². The van der Waals surface area contributed by atoms with Crippen molar-refractivity contribution in [1.82, 2.24) is 4.90 Å². The predicted octanol–water partition coefficient (Wildman–Crippen LogP) is 2.02. The maximum Gasteiger partial charge on any atom is 0.135 e. The van der Waals surface area contributed by atoms with Crippen molar-refractivity contribution >= 4 is 5.78 Å². The van der Waals surface area contributed by atoms with Gasteiger partial charge in [-0.15, -0.1) is 0 Å². The largest absolute Gasteiger partial charge is 0.300 e. The lowest BCUT2D eigenvalue weighted by Crippen LogP contribution is -2.48. The van der Waals surface area contributed by atoms with E-state index in [4.69, 9.17) is 0 Å². The smallest absolute Gasteiger partial charge is 0.135 e. The van der Waals surface area contributed by atoms with Crippen molar-refractivity contribution in [2.24, 2.45) is 5.92 Å². The summed E-state index contributed by atoms with van der Waals surface area (Å²) in [5.41, 5.74) is 2.63. The van der Waals surface area contributed by atoms with Gasteiger partial charge in [0.1, 0.15) is 5.78 Å². The molecule has 0 aliphatic carbocycles. The average molecular weight is 203 g/mol. The quantitative estimate of drug-likeness (QED) is 0.749. The fourth-order valence-electron chi connectivity index (χ4n) is 1.91. The van der Waals surface area contributed by atoms with Crippen molar-refractivity contribution in [2.45, 2.75) is 20.4 Å². The third kappa shape index (κ3) is 2.45. The van der Waals surface area contributed by atoms with Gasteiger partial charge in [0.2, 0.25) is 0 Å². The van der Waals surface area contributed by atoms with E-state index in [0.29, 0.717) is 5.78 Å². The Bertz CT molecular complexity index is 349. The van der Waals surface area contributed by atoms with Crippen molar-refractivity contribution in [1.29, 1.82) is 0 Å². The van der Waals surface area contributed by atoms with Crippen LogP contribution in [0, 0.1) is 12.8 Å². The molecule has 0 radical (unpaired) electrons. The first-order valence-corrected chi connectivity index (χ1v) is 5.43. The summed E-state index contributed by atoms with van der Waals surface area (Å²) in [7, 11) is 0. The zero-order valence-electron chi connectivity index (χ0n) is 9.36. The van der Waals surface area contributed by atoms with E-state index in [1.54, 1.807) is 6.92 Å². The Morgan fingerprint density at radius 3 is 2.47 bits per heavy atom. The fourth-order valence-corrected chi connectivity index (χ4v) is 1.91. The van der Waals surface area contributed by atoms with Gasteiger partial charge in [0.15, 0.2) is 0 Å². The molecule has 0 bridgehead atoms. The zero-order valence-corrected chi connectivity index (χ0v) is 9.36. The maximum atomic E-state index is 11.0. The van der Waals surface area contributed by atoms with E-state index in [9.17, 15) is 4.79 Å². The number of aryl methyl sites for hydroxylation is 1. The van der Waals surface area contributed by atoms with Crippen LogP contribution in [0.3, 0.4) is 0 Å². The second-order valence-corrected chi connectivity index (χ2v) is 4.49. The Morgan fingerprint density at radius 2 is 1.93 bits per heavy atom. The summed E-state index contributed by atoms with van der Waals surface area (Å²) in [6.07, 6.45) is 0. The molecule has 1 aromatic rings. The zero-order chi connectivity index (χ0) is 10.8. The van der Waals surface area contributed by atoms with Crippen LogP contribution in [-0.4, -0.2) is 23.8 Å². The second kappa shape index (κ2) is 4.15. The molecule has 0 aromatic heterocycles. The van der Waals surface area contributed by atoms with Gasteiger partial charge in [-0.3, -0.25) is 9.69 Å². The van der Waals surface area contributed by atoms with Crippen LogP contribution in [-0.2, 0) is 11.3 Å². The van der Waals surface area contributed by atoms with Gasteiger partial charge in [-0.2, -0.15) is 0 Å². The van der Waals surface area contributed by atoms with Crippen LogP contribution in [0.1, 0.15) is 18.1 Å². The molecule has 2 rings (SSSR count). The number of likely N-dealkylation sites (tertiary alicyclic amines) is 1. The lowest BCUT2D eigenvalue weighted by atomic mass is 9.95. The van der Waals surface area contributed by atoms with Gasteiger partial charge in [-0.25, -0.2) is 0 Å². The van der Waals surface area contributed by atoms with Crippen LogP contribution in [0.25, 0.3) is 0 Å². The molecule has 2 heteroatoms. The molecule has 0 N–H and O–H groups in total. The number of hydrogen-bond acceptors (Lipinski definition) is 2. The van der Waals surface area contributed by atoms with Gasteiger partial charge in [0.25, 0.3) is 0 Å². The number of rotatable bonds is 3. The summed E-state index contributed by atoms with van der Waals surface area (Å²) in [5, 5.41) is 0. The first kappa shape index (κ1) is 10.4. The topological polar surface area (TPSA) is 20.3 Å². The molecule has 0 atom stereocenters. The molecule has 0 spiro atoms. The molecular formula is C13H17NO. The van der Waals surface area contributed by atoms with Gasteiger partial charge in [0.05, 0.1) is 0 Å². The van der Waals surface area contributed by atoms with Crippen LogP contribution in [0.15, 0.2) is 24.3 Å². The highest BCUT2D eigenvalue weighted by Gasteiger charge is 2.29. The summed E-state index contributed by atoms with van der Waals surface area (Å²) >= 11 is 0. The second-order valence-electron chi connectivity index (χ2n) is 4.49. The third-order valence-electron chi connectivity index (χ3n) is 3.06. The molecule has 15 heavy (non-hydrogen) atoms. The Hall–Kier alpha value is -1.15. The number of nitrogens with zero attached hydrogens (tertiary/aromatic N) is 1. The molecule has 1 saturated heterocycles. The van der Waals surface area contributed by atoms with E-state index in [0.717, 1.165) is 19.6 Å². The molecule has 0 saturated carbocycles. The van der Waals surface area contributed by atoms with Crippen LogP contribution in [0.2, 0.25) is 0 Å². The molecular weight excluding hydrogens is 186 g/mol. The van der Waals surface area contributed by atoms with Gasteiger partial charge in [-0.1, -0.05) is 29.8 Å². The molecule has 0 unspecified atom stereocenters.